The average Bonchev–Trinajstić information content (AvgIpc) is 2.30. The first kappa shape index (κ1) is 13.8. The van der Waals surface area contributed by atoms with Crippen molar-refractivity contribution >= 4 is 17.6 Å². The van der Waals surface area contributed by atoms with Crippen LogP contribution >= 0.6 is 0 Å². The first-order chi connectivity index (χ1) is 8.47. The van der Waals surface area contributed by atoms with Gasteiger partial charge in [0.1, 0.15) is 5.56 Å². The summed E-state index contributed by atoms with van der Waals surface area (Å²) in [7, 11) is 0. The zero-order chi connectivity index (χ0) is 13.7. The SMILES string of the molecule is CCCC(Oc1c(N)cccc1C(=O)O)C(=O)O. The van der Waals surface area contributed by atoms with Crippen LogP contribution in [0.4, 0.5) is 5.69 Å². The summed E-state index contributed by atoms with van der Waals surface area (Å²) in [6.07, 6.45) is -0.215. The van der Waals surface area contributed by atoms with E-state index < -0.39 is 18.0 Å². The number of nitrogen functional groups attached to an aromatic ring is 1. The summed E-state index contributed by atoms with van der Waals surface area (Å²) in [5, 5.41) is 18.0. The van der Waals surface area contributed by atoms with Gasteiger partial charge in [-0.25, -0.2) is 9.59 Å². The molecule has 0 bridgehead atoms. The van der Waals surface area contributed by atoms with E-state index in [9.17, 15) is 9.59 Å². The molecule has 0 aliphatic heterocycles. The number of carbonyl (C=O) groups is 2. The maximum Gasteiger partial charge on any atom is 0.344 e. The fourth-order valence-corrected chi connectivity index (χ4v) is 1.49. The van der Waals surface area contributed by atoms with Crippen LogP contribution in [0.25, 0.3) is 0 Å². The van der Waals surface area contributed by atoms with Crippen LogP contribution in [0.3, 0.4) is 0 Å². The van der Waals surface area contributed by atoms with Gasteiger partial charge in [0.15, 0.2) is 11.9 Å². The van der Waals surface area contributed by atoms with E-state index in [1.54, 1.807) is 0 Å². The predicted octanol–water partition coefficient (Wildman–Crippen LogP) is 1.60. The maximum atomic E-state index is 11.0. The normalized spacial score (nSPS) is 11.8. The Labute approximate surface area is 104 Å². The number of aromatic carboxylic acids is 1. The standard InChI is InChI=1S/C12H15NO5/c1-2-4-9(12(16)17)18-10-7(11(14)15)5-3-6-8(10)13/h3,5-6,9H,2,4,13H2,1H3,(H,14,15)(H,16,17). The van der Waals surface area contributed by atoms with Gasteiger partial charge in [0.25, 0.3) is 0 Å². The van der Waals surface area contributed by atoms with Crippen molar-refractivity contribution in [2.45, 2.75) is 25.9 Å². The highest BCUT2D eigenvalue weighted by atomic mass is 16.5. The van der Waals surface area contributed by atoms with Crippen LogP contribution in [-0.4, -0.2) is 28.3 Å². The van der Waals surface area contributed by atoms with E-state index in [0.29, 0.717) is 6.42 Å². The zero-order valence-corrected chi connectivity index (χ0v) is 9.92. The van der Waals surface area contributed by atoms with Crippen molar-refractivity contribution < 1.29 is 24.5 Å². The van der Waals surface area contributed by atoms with E-state index in [0.717, 1.165) is 0 Å². The summed E-state index contributed by atoms with van der Waals surface area (Å²) in [5.74, 6) is -2.44. The topological polar surface area (TPSA) is 110 Å². The molecule has 1 atom stereocenters. The van der Waals surface area contributed by atoms with Crippen LogP contribution in [0, 0.1) is 0 Å². The molecule has 0 saturated carbocycles. The number of benzene rings is 1. The summed E-state index contributed by atoms with van der Waals surface area (Å²) >= 11 is 0. The van der Waals surface area contributed by atoms with Crippen LogP contribution in [-0.2, 0) is 4.79 Å². The Balaban J connectivity index is 3.08. The predicted molar refractivity (Wildman–Crippen MR) is 64.8 cm³/mol. The molecule has 4 N–H and O–H groups in total. The number of carboxylic acids is 2. The molecule has 18 heavy (non-hydrogen) atoms. The second-order valence-corrected chi connectivity index (χ2v) is 3.76. The number of carboxylic acid groups (broad SMARTS) is 2. The van der Waals surface area contributed by atoms with E-state index in [-0.39, 0.29) is 23.4 Å². The van der Waals surface area contributed by atoms with Crippen molar-refractivity contribution in [1.82, 2.24) is 0 Å². The number of hydrogen-bond acceptors (Lipinski definition) is 4. The Morgan fingerprint density at radius 3 is 2.56 bits per heavy atom. The van der Waals surface area contributed by atoms with Crippen molar-refractivity contribution in [2.75, 3.05) is 5.73 Å². The van der Waals surface area contributed by atoms with E-state index in [2.05, 4.69) is 0 Å². The van der Waals surface area contributed by atoms with Gasteiger partial charge >= 0.3 is 11.9 Å². The van der Waals surface area contributed by atoms with Gasteiger partial charge in [-0.1, -0.05) is 19.4 Å². The van der Waals surface area contributed by atoms with Crippen LogP contribution in [0.2, 0.25) is 0 Å². The van der Waals surface area contributed by atoms with E-state index in [1.807, 2.05) is 6.92 Å². The highest BCUT2D eigenvalue weighted by molar-refractivity contribution is 5.93. The molecule has 1 aromatic rings. The lowest BCUT2D eigenvalue weighted by Crippen LogP contribution is -2.27. The van der Waals surface area contributed by atoms with Crippen molar-refractivity contribution in [3.8, 4) is 5.75 Å². The smallest absolute Gasteiger partial charge is 0.344 e. The van der Waals surface area contributed by atoms with Gasteiger partial charge in [0, 0.05) is 0 Å². The summed E-state index contributed by atoms with van der Waals surface area (Å²) < 4.78 is 5.23. The molecule has 98 valence electrons. The molecule has 0 spiro atoms. The van der Waals surface area contributed by atoms with Gasteiger partial charge in [-0.3, -0.25) is 0 Å². The third-order valence-corrected chi connectivity index (χ3v) is 2.36. The minimum atomic E-state index is -1.21. The molecule has 6 nitrogen and oxygen atoms in total. The first-order valence-corrected chi connectivity index (χ1v) is 5.48. The Kier molecular flexibility index (Phi) is 4.53. The summed E-state index contributed by atoms with van der Waals surface area (Å²) in [5.41, 5.74) is 5.59. The van der Waals surface area contributed by atoms with Gasteiger partial charge in [-0.05, 0) is 18.6 Å². The minimum Gasteiger partial charge on any atom is -0.479 e. The Bertz CT molecular complexity index is 458. The molecule has 0 aromatic heterocycles. The Hall–Kier alpha value is -2.24. The van der Waals surface area contributed by atoms with Crippen LogP contribution in [0.15, 0.2) is 18.2 Å². The molecule has 0 saturated heterocycles. The second kappa shape index (κ2) is 5.90. The van der Waals surface area contributed by atoms with E-state index in [1.165, 1.54) is 18.2 Å². The van der Waals surface area contributed by atoms with Gasteiger partial charge < -0.3 is 20.7 Å². The third-order valence-electron chi connectivity index (χ3n) is 2.36. The van der Waals surface area contributed by atoms with E-state index >= 15 is 0 Å². The molecule has 0 aliphatic carbocycles. The quantitative estimate of drug-likeness (QED) is 0.664. The van der Waals surface area contributed by atoms with Crippen LogP contribution in [0.5, 0.6) is 5.75 Å². The van der Waals surface area contributed by atoms with Gasteiger partial charge in [0.05, 0.1) is 5.69 Å². The van der Waals surface area contributed by atoms with Crippen molar-refractivity contribution in [1.29, 1.82) is 0 Å². The molecule has 0 radical (unpaired) electrons. The number of aliphatic carboxylic acids is 1. The lowest BCUT2D eigenvalue weighted by atomic mass is 10.1. The second-order valence-electron chi connectivity index (χ2n) is 3.76. The highest BCUT2D eigenvalue weighted by Gasteiger charge is 2.23. The molecule has 1 rings (SSSR count). The molecular weight excluding hydrogens is 238 g/mol. The van der Waals surface area contributed by atoms with Crippen molar-refractivity contribution in [3.05, 3.63) is 23.8 Å². The Morgan fingerprint density at radius 1 is 1.39 bits per heavy atom. The lowest BCUT2D eigenvalue weighted by Gasteiger charge is -2.17. The zero-order valence-electron chi connectivity index (χ0n) is 9.92. The average molecular weight is 253 g/mol. The summed E-state index contributed by atoms with van der Waals surface area (Å²) in [6.45, 7) is 1.81. The number of hydrogen-bond donors (Lipinski definition) is 3. The van der Waals surface area contributed by atoms with Crippen molar-refractivity contribution in [2.24, 2.45) is 0 Å². The minimum absolute atomic E-state index is 0.0918. The van der Waals surface area contributed by atoms with E-state index in [4.69, 9.17) is 20.7 Å². The fraction of sp³-hybridized carbons (Fsp3) is 0.333. The monoisotopic (exact) mass is 253 g/mol. The number of ether oxygens (including phenoxy) is 1. The largest absolute Gasteiger partial charge is 0.479 e. The molecular formula is C12H15NO5. The summed E-state index contributed by atoms with van der Waals surface area (Å²) in [6, 6.07) is 4.26. The molecule has 0 heterocycles. The molecule has 0 fully saturated rings. The number of anilines is 1. The van der Waals surface area contributed by atoms with Gasteiger partial charge in [-0.15, -0.1) is 0 Å². The van der Waals surface area contributed by atoms with Crippen LogP contribution < -0.4 is 10.5 Å². The molecule has 0 amide bonds. The molecule has 1 unspecified atom stereocenters. The Morgan fingerprint density at radius 2 is 2.06 bits per heavy atom. The van der Waals surface area contributed by atoms with Crippen LogP contribution in [0.1, 0.15) is 30.1 Å². The number of nitrogens with two attached hydrogens (primary N) is 1. The number of para-hydroxylation sites is 1. The molecule has 0 aliphatic rings. The first-order valence-electron chi connectivity index (χ1n) is 5.48. The summed E-state index contributed by atoms with van der Waals surface area (Å²) in [4.78, 5) is 22.0. The highest BCUT2D eigenvalue weighted by Crippen LogP contribution is 2.28. The lowest BCUT2D eigenvalue weighted by molar-refractivity contribution is -0.145. The maximum absolute atomic E-state index is 11.0. The number of rotatable bonds is 6. The third kappa shape index (κ3) is 3.13. The fourth-order valence-electron chi connectivity index (χ4n) is 1.49. The van der Waals surface area contributed by atoms with Gasteiger partial charge in [0.2, 0.25) is 0 Å². The van der Waals surface area contributed by atoms with Crippen molar-refractivity contribution in [3.63, 3.8) is 0 Å². The molecule has 1 aromatic carbocycles. The molecule has 6 heteroatoms. The van der Waals surface area contributed by atoms with Gasteiger partial charge in [-0.2, -0.15) is 0 Å².